The molecule has 1 aromatic rings. The van der Waals surface area contributed by atoms with E-state index in [9.17, 15) is 4.39 Å². The van der Waals surface area contributed by atoms with Gasteiger partial charge in [0.15, 0.2) is 0 Å². The van der Waals surface area contributed by atoms with Crippen LogP contribution >= 0.6 is 46.6 Å². The maximum absolute atomic E-state index is 12.9. The number of halogens is 4. The lowest BCUT2D eigenvalue weighted by Crippen LogP contribution is -2.16. The first-order chi connectivity index (χ1) is 7.44. The van der Waals surface area contributed by atoms with E-state index in [1.807, 2.05) is 36.2 Å². The van der Waals surface area contributed by atoms with E-state index in [-0.39, 0.29) is 0 Å². The summed E-state index contributed by atoms with van der Waals surface area (Å²) in [5, 5.41) is 0. The SMILES string of the molecule is CN(CCl)c1ccccc1CSC(F)(Cl)Cl. The molecule has 0 amide bonds. The van der Waals surface area contributed by atoms with Gasteiger partial charge in [-0.05, 0) is 11.6 Å². The van der Waals surface area contributed by atoms with Crippen molar-refractivity contribution in [3.05, 3.63) is 29.8 Å². The fraction of sp³-hybridized carbons (Fsp3) is 0.400. The predicted molar refractivity (Wildman–Crippen MR) is 72.4 cm³/mol. The number of alkyl halides is 4. The van der Waals surface area contributed by atoms with Crippen molar-refractivity contribution >= 4 is 52.3 Å². The lowest BCUT2D eigenvalue weighted by molar-refractivity contribution is 0.515. The lowest BCUT2D eigenvalue weighted by Gasteiger charge is -2.20. The Kier molecular flexibility index (Phi) is 5.51. The highest BCUT2D eigenvalue weighted by Gasteiger charge is 2.23. The van der Waals surface area contributed by atoms with E-state index < -0.39 is 3.92 Å². The molecule has 0 aliphatic carbocycles. The van der Waals surface area contributed by atoms with Gasteiger partial charge < -0.3 is 4.90 Å². The third kappa shape index (κ3) is 4.58. The molecule has 0 radical (unpaired) electrons. The molecule has 0 bridgehead atoms. The van der Waals surface area contributed by atoms with E-state index in [2.05, 4.69) is 0 Å². The maximum atomic E-state index is 12.9. The number of hydrogen-bond donors (Lipinski definition) is 0. The van der Waals surface area contributed by atoms with E-state index in [0.29, 0.717) is 11.8 Å². The molecule has 1 rings (SSSR count). The van der Waals surface area contributed by atoms with E-state index >= 15 is 0 Å². The Hall–Kier alpha value is 0.170. The lowest BCUT2D eigenvalue weighted by atomic mass is 10.2. The maximum Gasteiger partial charge on any atom is 0.305 e. The van der Waals surface area contributed by atoms with E-state index in [4.69, 9.17) is 34.8 Å². The van der Waals surface area contributed by atoms with E-state index in [0.717, 1.165) is 23.0 Å². The Morgan fingerprint density at radius 1 is 1.38 bits per heavy atom. The molecule has 6 heteroatoms. The Labute approximate surface area is 114 Å². The molecule has 0 aromatic heterocycles. The highest BCUT2D eigenvalue weighted by atomic mass is 35.5. The highest BCUT2D eigenvalue weighted by molar-refractivity contribution is 8.02. The number of anilines is 1. The molecule has 0 saturated carbocycles. The molecule has 1 nitrogen and oxygen atoms in total. The van der Waals surface area contributed by atoms with Crippen molar-refractivity contribution in [1.29, 1.82) is 0 Å². The second kappa shape index (κ2) is 6.20. The van der Waals surface area contributed by atoms with Gasteiger partial charge in [0.05, 0.1) is 6.00 Å². The molecule has 0 saturated heterocycles. The number of thioether (sulfide) groups is 1. The summed E-state index contributed by atoms with van der Waals surface area (Å²) in [6.45, 7) is 0. The van der Waals surface area contributed by atoms with Gasteiger partial charge in [-0.2, -0.15) is 4.39 Å². The summed E-state index contributed by atoms with van der Waals surface area (Å²) in [5.41, 5.74) is 1.89. The smallest absolute Gasteiger partial charge is 0.305 e. The van der Waals surface area contributed by atoms with Crippen LogP contribution in [0.25, 0.3) is 0 Å². The molecule has 0 N–H and O–H groups in total. The van der Waals surface area contributed by atoms with Crippen LogP contribution in [0.3, 0.4) is 0 Å². The third-order valence-electron chi connectivity index (χ3n) is 1.97. The first kappa shape index (κ1) is 14.2. The van der Waals surface area contributed by atoms with E-state index in [1.165, 1.54) is 0 Å². The first-order valence-electron chi connectivity index (χ1n) is 4.49. The van der Waals surface area contributed by atoms with Crippen LogP contribution < -0.4 is 4.90 Å². The molecule has 0 fully saturated rings. The Bertz CT molecular complexity index is 343. The summed E-state index contributed by atoms with van der Waals surface area (Å²) in [4.78, 5) is 1.86. The molecule has 0 spiro atoms. The van der Waals surface area contributed by atoms with Crippen molar-refractivity contribution in [2.75, 3.05) is 18.0 Å². The van der Waals surface area contributed by atoms with Gasteiger partial charge in [-0.1, -0.05) is 53.2 Å². The van der Waals surface area contributed by atoms with Crippen molar-refractivity contribution in [1.82, 2.24) is 0 Å². The quantitative estimate of drug-likeness (QED) is 0.577. The minimum Gasteiger partial charge on any atom is -0.361 e. The number of para-hydroxylation sites is 1. The second-order valence-corrected chi connectivity index (χ2v) is 6.24. The fourth-order valence-corrected chi connectivity index (χ4v) is 2.25. The Morgan fingerprint density at radius 3 is 2.56 bits per heavy atom. The highest BCUT2D eigenvalue weighted by Crippen LogP contribution is 2.39. The van der Waals surface area contributed by atoms with Crippen LogP contribution in [-0.2, 0) is 5.75 Å². The summed E-state index contributed by atoms with van der Waals surface area (Å²) < 4.78 is 10.7. The molecular formula is C10H11Cl3FNS. The number of rotatable bonds is 5. The van der Waals surface area contributed by atoms with Gasteiger partial charge in [0.25, 0.3) is 0 Å². The topological polar surface area (TPSA) is 3.24 Å². The summed E-state index contributed by atoms with van der Waals surface area (Å²) in [6.07, 6.45) is 0. The minimum atomic E-state index is -2.26. The molecule has 0 heterocycles. The molecule has 90 valence electrons. The average molecular weight is 303 g/mol. The van der Waals surface area contributed by atoms with Crippen molar-refractivity contribution < 1.29 is 4.39 Å². The van der Waals surface area contributed by atoms with Crippen LogP contribution in [0, 0.1) is 0 Å². The summed E-state index contributed by atoms with van der Waals surface area (Å²) in [6, 6.07) is 7.95. The third-order valence-corrected chi connectivity index (χ3v) is 3.77. The molecular weight excluding hydrogens is 292 g/mol. The van der Waals surface area contributed by atoms with Crippen LogP contribution in [-0.4, -0.2) is 17.0 Å². The normalized spacial score (nSPS) is 11.6. The van der Waals surface area contributed by atoms with Gasteiger partial charge >= 0.3 is 3.92 Å². The summed E-state index contributed by atoms with van der Waals surface area (Å²) in [5.74, 6) is 0.390. The zero-order valence-corrected chi connectivity index (χ0v) is 11.7. The van der Waals surface area contributed by atoms with Crippen LogP contribution in [0.15, 0.2) is 24.3 Å². The van der Waals surface area contributed by atoms with Crippen molar-refractivity contribution in [2.24, 2.45) is 0 Å². The number of benzene rings is 1. The van der Waals surface area contributed by atoms with Crippen molar-refractivity contribution in [2.45, 2.75) is 9.67 Å². The molecule has 0 aliphatic heterocycles. The Balaban J connectivity index is 2.79. The molecule has 16 heavy (non-hydrogen) atoms. The zero-order chi connectivity index (χ0) is 12.2. The number of hydrogen-bond acceptors (Lipinski definition) is 2. The zero-order valence-electron chi connectivity index (χ0n) is 8.59. The summed E-state index contributed by atoms with van der Waals surface area (Å²) in [7, 11) is 1.86. The fourth-order valence-electron chi connectivity index (χ4n) is 1.23. The van der Waals surface area contributed by atoms with Gasteiger partial charge in [-0.15, -0.1) is 11.6 Å². The molecule has 1 aromatic carbocycles. The number of nitrogens with zero attached hydrogens (tertiary/aromatic N) is 1. The van der Waals surface area contributed by atoms with Gasteiger partial charge in [-0.25, -0.2) is 0 Å². The molecule has 0 aliphatic rings. The van der Waals surface area contributed by atoms with Gasteiger partial charge in [0, 0.05) is 18.5 Å². The minimum absolute atomic E-state index is 0.365. The van der Waals surface area contributed by atoms with Gasteiger partial charge in [-0.3, -0.25) is 0 Å². The van der Waals surface area contributed by atoms with Gasteiger partial charge in [0.1, 0.15) is 0 Å². The Morgan fingerprint density at radius 2 is 2.00 bits per heavy atom. The largest absolute Gasteiger partial charge is 0.361 e. The average Bonchev–Trinajstić information content (AvgIpc) is 2.25. The van der Waals surface area contributed by atoms with Crippen molar-refractivity contribution in [3.63, 3.8) is 0 Å². The van der Waals surface area contributed by atoms with Crippen LogP contribution in [0.2, 0.25) is 0 Å². The standard InChI is InChI=1S/C10H11Cl3FNS/c1-15(7-11)9-5-3-2-4-8(9)6-16-10(12,13)14/h2-5H,6-7H2,1H3. The van der Waals surface area contributed by atoms with Crippen LogP contribution in [0.4, 0.5) is 10.1 Å². The summed E-state index contributed by atoms with van der Waals surface area (Å²) >= 11 is 17.1. The first-order valence-corrected chi connectivity index (χ1v) is 6.77. The van der Waals surface area contributed by atoms with Crippen LogP contribution in [0.5, 0.6) is 0 Å². The molecule has 0 unspecified atom stereocenters. The van der Waals surface area contributed by atoms with Gasteiger partial charge in [0.2, 0.25) is 0 Å². The predicted octanol–water partition coefficient (Wildman–Crippen LogP) is 4.61. The van der Waals surface area contributed by atoms with Crippen LogP contribution in [0.1, 0.15) is 5.56 Å². The van der Waals surface area contributed by atoms with E-state index in [1.54, 1.807) is 0 Å². The monoisotopic (exact) mass is 301 g/mol. The van der Waals surface area contributed by atoms with Crippen molar-refractivity contribution in [3.8, 4) is 0 Å². The second-order valence-electron chi connectivity index (χ2n) is 3.18. The molecule has 0 atom stereocenters.